The van der Waals surface area contributed by atoms with Crippen LogP contribution in [0.3, 0.4) is 0 Å². The summed E-state index contributed by atoms with van der Waals surface area (Å²) in [7, 11) is 3.05. The lowest BCUT2D eigenvalue weighted by molar-refractivity contribution is -0.139. The Kier molecular flexibility index (Phi) is 8.48. The van der Waals surface area contributed by atoms with Gasteiger partial charge in [-0.25, -0.2) is 9.18 Å². The molecule has 0 heterocycles. The van der Waals surface area contributed by atoms with Crippen LogP contribution in [0.2, 0.25) is 0 Å². The Bertz CT molecular complexity index is 849. The van der Waals surface area contributed by atoms with Crippen molar-refractivity contribution in [3.8, 4) is 28.4 Å². The van der Waals surface area contributed by atoms with Crippen LogP contribution >= 0.6 is 0 Å². The molecule has 2 aromatic rings. The fourth-order valence-electron chi connectivity index (χ4n) is 2.41. The van der Waals surface area contributed by atoms with Crippen molar-refractivity contribution in [1.29, 1.82) is 0 Å². The van der Waals surface area contributed by atoms with Crippen LogP contribution < -0.4 is 14.2 Å². The third kappa shape index (κ3) is 6.50. The number of halogens is 1. The molecule has 0 amide bonds. The van der Waals surface area contributed by atoms with Gasteiger partial charge in [0.15, 0.2) is 11.5 Å². The number of carbonyl (C=O) groups is 1. The number of methoxy groups -OCH3 is 2. The van der Waals surface area contributed by atoms with Crippen molar-refractivity contribution in [3.63, 3.8) is 0 Å². The summed E-state index contributed by atoms with van der Waals surface area (Å²) in [5.74, 6) is 0.432. The molecule has 0 radical (unpaired) electrons. The zero-order chi connectivity index (χ0) is 21.2. The number of esters is 1. The molecule has 156 valence electrons. The van der Waals surface area contributed by atoms with Crippen LogP contribution in [0, 0.1) is 5.82 Å². The summed E-state index contributed by atoms with van der Waals surface area (Å²) in [6, 6.07) is 9.74. The maximum atomic E-state index is 14.4. The van der Waals surface area contributed by atoms with Crippen LogP contribution in [-0.4, -0.2) is 46.6 Å². The molecule has 0 aliphatic rings. The van der Waals surface area contributed by atoms with E-state index in [0.29, 0.717) is 47.2 Å². The largest absolute Gasteiger partial charge is 0.497 e. The molecule has 0 saturated heterocycles. The first-order valence-corrected chi connectivity index (χ1v) is 9.01. The maximum Gasteiger partial charge on any atom is 0.333 e. The van der Waals surface area contributed by atoms with Crippen LogP contribution in [0.5, 0.6) is 17.2 Å². The highest BCUT2D eigenvalue weighted by Gasteiger charge is 2.12. The summed E-state index contributed by atoms with van der Waals surface area (Å²) in [6.07, 6.45) is 0. The van der Waals surface area contributed by atoms with Gasteiger partial charge >= 0.3 is 5.97 Å². The van der Waals surface area contributed by atoms with Gasteiger partial charge in [0, 0.05) is 24.3 Å². The van der Waals surface area contributed by atoms with Gasteiger partial charge in [-0.1, -0.05) is 12.6 Å². The summed E-state index contributed by atoms with van der Waals surface area (Å²) in [5, 5.41) is 0. The fraction of sp³-hybridized carbons (Fsp3) is 0.318. The predicted molar refractivity (Wildman–Crippen MR) is 107 cm³/mol. The molecular weight excluding hydrogens is 379 g/mol. The molecule has 0 aliphatic heterocycles. The van der Waals surface area contributed by atoms with E-state index in [2.05, 4.69) is 6.58 Å². The smallest absolute Gasteiger partial charge is 0.333 e. The molecular formula is C22H25FO6. The number of ether oxygens (including phenoxy) is 5. The Morgan fingerprint density at radius 3 is 2.34 bits per heavy atom. The van der Waals surface area contributed by atoms with Gasteiger partial charge in [0.1, 0.15) is 31.4 Å². The predicted octanol–water partition coefficient (Wildman–Crippen LogP) is 4.02. The number of rotatable bonds is 11. The van der Waals surface area contributed by atoms with Gasteiger partial charge in [0.25, 0.3) is 0 Å². The summed E-state index contributed by atoms with van der Waals surface area (Å²) in [6.45, 7) is 5.98. The van der Waals surface area contributed by atoms with Crippen molar-refractivity contribution < 1.29 is 32.9 Å². The van der Waals surface area contributed by atoms with Crippen LogP contribution in [0.15, 0.2) is 48.6 Å². The van der Waals surface area contributed by atoms with Gasteiger partial charge in [0.05, 0.1) is 13.7 Å². The topological polar surface area (TPSA) is 63.2 Å². The summed E-state index contributed by atoms with van der Waals surface area (Å²) < 4.78 is 40.9. The molecule has 2 rings (SSSR count). The molecule has 0 N–H and O–H groups in total. The minimum absolute atomic E-state index is 0.0675. The first kappa shape index (κ1) is 22.2. The number of hydrogen-bond acceptors (Lipinski definition) is 6. The molecule has 0 atom stereocenters. The monoisotopic (exact) mass is 404 g/mol. The first-order chi connectivity index (χ1) is 14.0. The molecule has 29 heavy (non-hydrogen) atoms. The number of carbonyl (C=O) groups excluding carboxylic acids is 1. The van der Waals surface area contributed by atoms with Crippen molar-refractivity contribution in [1.82, 2.24) is 0 Å². The molecule has 0 saturated carbocycles. The molecule has 0 unspecified atom stereocenters. The van der Waals surface area contributed by atoms with Gasteiger partial charge in [-0.15, -0.1) is 0 Å². The Labute approximate surface area is 169 Å². The Morgan fingerprint density at radius 2 is 1.69 bits per heavy atom. The highest BCUT2D eigenvalue weighted by Crippen LogP contribution is 2.34. The summed E-state index contributed by atoms with van der Waals surface area (Å²) in [5.41, 5.74) is 1.35. The van der Waals surface area contributed by atoms with Crippen molar-refractivity contribution in [2.45, 2.75) is 6.92 Å². The molecule has 2 aromatic carbocycles. The van der Waals surface area contributed by atoms with E-state index in [0.717, 1.165) is 0 Å². The third-order valence-corrected chi connectivity index (χ3v) is 3.90. The maximum absolute atomic E-state index is 14.4. The Hall–Kier alpha value is -3.06. The van der Waals surface area contributed by atoms with Crippen molar-refractivity contribution >= 4 is 5.97 Å². The van der Waals surface area contributed by atoms with E-state index in [1.165, 1.54) is 13.2 Å². The first-order valence-electron chi connectivity index (χ1n) is 9.01. The highest BCUT2D eigenvalue weighted by atomic mass is 19.1. The van der Waals surface area contributed by atoms with Crippen LogP contribution in [-0.2, 0) is 14.3 Å². The molecule has 0 aliphatic carbocycles. The quantitative estimate of drug-likeness (QED) is 0.320. The van der Waals surface area contributed by atoms with E-state index < -0.39 is 11.8 Å². The van der Waals surface area contributed by atoms with Crippen LogP contribution in [0.1, 0.15) is 6.92 Å². The van der Waals surface area contributed by atoms with Crippen LogP contribution in [0.25, 0.3) is 11.1 Å². The molecule has 0 aromatic heterocycles. The lowest BCUT2D eigenvalue weighted by Crippen LogP contribution is -2.13. The second kappa shape index (κ2) is 11.1. The second-order valence-electron chi connectivity index (χ2n) is 6.11. The van der Waals surface area contributed by atoms with Gasteiger partial charge in [-0.3, -0.25) is 0 Å². The van der Waals surface area contributed by atoms with E-state index in [4.69, 9.17) is 23.7 Å². The van der Waals surface area contributed by atoms with E-state index in [-0.39, 0.29) is 13.2 Å². The minimum Gasteiger partial charge on any atom is -0.497 e. The molecule has 0 fully saturated rings. The average molecular weight is 404 g/mol. The molecule has 0 spiro atoms. The summed E-state index contributed by atoms with van der Waals surface area (Å²) in [4.78, 5) is 11.4. The third-order valence-electron chi connectivity index (χ3n) is 3.90. The van der Waals surface area contributed by atoms with Crippen molar-refractivity contribution in [3.05, 3.63) is 54.4 Å². The number of hydrogen-bond donors (Lipinski definition) is 0. The van der Waals surface area contributed by atoms with Gasteiger partial charge in [-0.2, -0.15) is 0 Å². The zero-order valence-electron chi connectivity index (χ0n) is 16.8. The zero-order valence-corrected chi connectivity index (χ0v) is 16.8. The van der Waals surface area contributed by atoms with Crippen molar-refractivity contribution in [2.24, 2.45) is 0 Å². The van der Waals surface area contributed by atoms with E-state index in [9.17, 15) is 9.18 Å². The minimum atomic E-state index is -0.476. The Morgan fingerprint density at radius 1 is 0.966 bits per heavy atom. The standard InChI is InChI=1S/C22H25FO6/c1-15(2)22(24)29-12-11-27-20-8-5-16(13-21(20)28-10-9-25-3)18-7-6-17(26-4)14-19(18)23/h5-8,13-14H,1,9-12H2,2-4H3. The van der Waals surface area contributed by atoms with Crippen molar-refractivity contribution in [2.75, 3.05) is 40.6 Å². The average Bonchev–Trinajstić information content (AvgIpc) is 2.71. The van der Waals surface area contributed by atoms with E-state index in [1.54, 1.807) is 44.4 Å². The van der Waals surface area contributed by atoms with Gasteiger partial charge in [-0.05, 0) is 36.8 Å². The second-order valence-corrected chi connectivity index (χ2v) is 6.11. The molecule has 6 nitrogen and oxygen atoms in total. The molecule has 0 bridgehead atoms. The fourth-order valence-corrected chi connectivity index (χ4v) is 2.41. The van der Waals surface area contributed by atoms with E-state index >= 15 is 0 Å². The highest BCUT2D eigenvalue weighted by molar-refractivity contribution is 5.86. The Balaban J connectivity index is 2.16. The lowest BCUT2D eigenvalue weighted by Gasteiger charge is -2.15. The lowest BCUT2D eigenvalue weighted by atomic mass is 10.0. The normalized spacial score (nSPS) is 10.3. The molecule has 7 heteroatoms. The van der Waals surface area contributed by atoms with Gasteiger partial charge < -0.3 is 23.7 Å². The number of benzene rings is 2. The SMILES string of the molecule is C=C(C)C(=O)OCCOc1ccc(-c2ccc(OC)cc2F)cc1OCCOC. The van der Waals surface area contributed by atoms with Crippen LogP contribution in [0.4, 0.5) is 4.39 Å². The van der Waals surface area contributed by atoms with E-state index in [1.807, 2.05) is 0 Å². The van der Waals surface area contributed by atoms with Gasteiger partial charge in [0.2, 0.25) is 0 Å². The summed E-state index contributed by atoms with van der Waals surface area (Å²) >= 11 is 0.